The third-order valence-electron chi connectivity index (χ3n) is 5.85. The van der Waals surface area contributed by atoms with Gasteiger partial charge in [0.15, 0.2) is 29.4 Å². The molecule has 12 heteroatoms. The molecular formula is C29H30F2N4O6. The smallest absolute Gasteiger partial charge is 0.226 e. The molecule has 2 aromatic carbocycles. The van der Waals surface area contributed by atoms with Gasteiger partial charge >= 0.3 is 0 Å². The number of benzene rings is 2. The second-order valence-electron chi connectivity index (χ2n) is 8.69. The number of hydrogen-bond acceptors (Lipinski definition) is 8. The van der Waals surface area contributed by atoms with Gasteiger partial charge in [-0.25, -0.2) is 23.7 Å². The normalized spacial score (nSPS) is 17.5. The minimum absolute atomic E-state index is 0.143. The summed E-state index contributed by atoms with van der Waals surface area (Å²) in [7, 11) is 2.55. The number of rotatable bonds is 10. The Balaban J connectivity index is 1.30. The molecule has 1 N–H and O–H groups in total. The molecule has 0 unspecified atom stereocenters. The number of guanidine groups is 1. The molecule has 1 fully saturated rings. The molecule has 1 aliphatic heterocycles. The van der Waals surface area contributed by atoms with Crippen LogP contribution in [0.5, 0.6) is 17.4 Å². The van der Waals surface area contributed by atoms with Gasteiger partial charge in [-0.3, -0.25) is 0 Å². The van der Waals surface area contributed by atoms with Crippen molar-refractivity contribution in [2.75, 3.05) is 32.8 Å². The zero-order chi connectivity index (χ0) is 29.2. The SMILES string of the molecule is C=NC(=N/C=C(\C)OCc1c(F)c(OC)cc(OC)c1F)Nc1ccc(OC2COC(c3ccccc3)OC2)nc1. The van der Waals surface area contributed by atoms with E-state index >= 15 is 0 Å². The maximum Gasteiger partial charge on any atom is 0.226 e. The van der Waals surface area contributed by atoms with Crippen molar-refractivity contribution >= 4 is 18.4 Å². The van der Waals surface area contributed by atoms with Crippen LogP contribution >= 0.6 is 0 Å². The van der Waals surface area contributed by atoms with Gasteiger partial charge in [-0.2, -0.15) is 0 Å². The number of anilines is 1. The largest absolute Gasteiger partial charge is 0.494 e. The third kappa shape index (κ3) is 7.77. The summed E-state index contributed by atoms with van der Waals surface area (Å²) in [6.45, 7) is 5.38. The Morgan fingerprint density at radius 3 is 2.34 bits per heavy atom. The fourth-order valence-corrected chi connectivity index (χ4v) is 3.73. The lowest BCUT2D eigenvalue weighted by Crippen LogP contribution is -2.35. The summed E-state index contributed by atoms with van der Waals surface area (Å²) in [6, 6.07) is 14.2. The molecule has 10 nitrogen and oxygen atoms in total. The van der Waals surface area contributed by atoms with Gasteiger partial charge in [0, 0.05) is 17.7 Å². The molecule has 3 aromatic rings. The average molecular weight is 569 g/mol. The molecule has 0 spiro atoms. The number of methoxy groups -OCH3 is 2. The van der Waals surface area contributed by atoms with Gasteiger partial charge in [-0.15, -0.1) is 0 Å². The van der Waals surface area contributed by atoms with E-state index in [0.717, 1.165) is 11.6 Å². The number of nitrogens with one attached hydrogen (secondary N) is 1. The van der Waals surface area contributed by atoms with Crippen LogP contribution in [0.4, 0.5) is 14.5 Å². The maximum atomic E-state index is 14.5. The van der Waals surface area contributed by atoms with Crippen LogP contribution in [0.3, 0.4) is 0 Å². The van der Waals surface area contributed by atoms with E-state index in [-0.39, 0.29) is 34.9 Å². The first kappa shape index (κ1) is 29.4. The van der Waals surface area contributed by atoms with E-state index in [9.17, 15) is 8.78 Å². The summed E-state index contributed by atoms with van der Waals surface area (Å²) < 4.78 is 61.9. The molecule has 0 aliphatic carbocycles. The minimum Gasteiger partial charge on any atom is -0.494 e. The summed E-state index contributed by atoms with van der Waals surface area (Å²) in [5.74, 6) is -1.27. The van der Waals surface area contributed by atoms with E-state index in [1.54, 1.807) is 25.3 Å². The Morgan fingerprint density at radius 1 is 1.07 bits per heavy atom. The van der Waals surface area contributed by atoms with Gasteiger partial charge in [-0.05, 0) is 19.7 Å². The van der Waals surface area contributed by atoms with Gasteiger partial charge in [0.1, 0.15) is 18.5 Å². The van der Waals surface area contributed by atoms with Crippen LogP contribution in [-0.4, -0.2) is 51.2 Å². The Hall–Kier alpha value is -4.55. The first-order valence-electron chi connectivity index (χ1n) is 12.5. The van der Waals surface area contributed by atoms with Crippen molar-refractivity contribution in [3.8, 4) is 17.4 Å². The lowest BCUT2D eigenvalue weighted by molar-refractivity contribution is -0.216. The highest BCUT2D eigenvalue weighted by atomic mass is 19.1. The number of pyridine rings is 1. The highest BCUT2D eigenvalue weighted by molar-refractivity contribution is 5.96. The first-order valence-corrected chi connectivity index (χ1v) is 12.5. The number of halogens is 2. The zero-order valence-corrected chi connectivity index (χ0v) is 22.8. The summed E-state index contributed by atoms with van der Waals surface area (Å²) in [6.07, 6.45) is 2.15. The average Bonchev–Trinajstić information content (AvgIpc) is 3.01. The molecule has 0 radical (unpaired) electrons. The van der Waals surface area contributed by atoms with Crippen LogP contribution < -0.4 is 19.5 Å². The molecule has 4 rings (SSSR count). The molecule has 0 amide bonds. The molecule has 0 bridgehead atoms. The van der Waals surface area contributed by atoms with Crippen LogP contribution in [0.2, 0.25) is 0 Å². The summed E-state index contributed by atoms with van der Waals surface area (Å²) >= 11 is 0. The fourth-order valence-electron chi connectivity index (χ4n) is 3.73. The first-order chi connectivity index (χ1) is 19.9. The quantitative estimate of drug-likeness (QED) is 0.197. The molecule has 1 aliphatic rings. The van der Waals surface area contributed by atoms with E-state index < -0.39 is 24.5 Å². The van der Waals surface area contributed by atoms with E-state index in [2.05, 4.69) is 27.0 Å². The van der Waals surface area contributed by atoms with Crippen molar-refractivity contribution in [2.45, 2.75) is 25.9 Å². The number of allylic oxidation sites excluding steroid dienone is 1. The molecule has 0 saturated carbocycles. The van der Waals surface area contributed by atoms with Crippen LogP contribution in [-0.2, 0) is 20.8 Å². The van der Waals surface area contributed by atoms with Crippen LogP contribution in [0, 0.1) is 11.6 Å². The topological polar surface area (TPSA) is 105 Å². The van der Waals surface area contributed by atoms with Crippen molar-refractivity contribution in [1.82, 2.24) is 4.98 Å². The van der Waals surface area contributed by atoms with Gasteiger partial charge in [0.2, 0.25) is 11.8 Å². The zero-order valence-electron chi connectivity index (χ0n) is 22.8. The second kappa shape index (κ2) is 14.2. The molecule has 216 valence electrons. The van der Waals surface area contributed by atoms with E-state index in [0.29, 0.717) is 24.8 Å². The van der Waals surface area contributed by atoms with Crippen molar-refractivity contribution in [3.63, 3.8) is 0 Å². The van der Waals surface area contributed by atoms with Gasteiger partial charge < -0.3 is 33.7 Å². The number of hydrogen-bond donors (Lipinski definition) is 1. The third-order valence-corrected chi connectivity index (χ3v) is 5.85. The van der Waals surface area contributed by atoms with Crippen molar-refractivity contribution in [3.05, 3.63) is 89.4 Å². The van der Waals surface area contributed by atoms with Crippen LogP contribution in [0.15, 0.2) is 76.7 Å². The van der Waals surface area contributed by atoms with Gasteiger partial charge in [0.25, 0.3) is 0 Å². The highest BCUT2D eigenvalue weighted by Crippen LogP contribution is 2.32. The second-order valence-corrected chi connectivity index (χ2v) is 8.69. The predicted octanol–water partition coefficient (Wildman–Crippen LogP) is 5.42. The van der Waals surface area contributed by atoms with Crippen LogP contribution in [0.25, 0.3) is 0 Å². The fraction of sp³-hybridized carbons (Fsp3) is 0.276. The number of aliphatic imine (C=N–C) groups is 2. The minimum atomic E-state index is -0.878. The Labute approximate surface area is 236 Å². The lowest BCUT2D eigenvalue weighted by atomic mass is 10.1. The number of nitrogens with zero attached hydrogens (tertiary/aromatic N) is 3. The maximum absolute atomic E-state index is 14.5. The van der Waals surface area contributed by atoms with Crippen molar-refractivity contribution in [2.24, 2.45) is 9.98 Å². The Bertz CT molecular complexity index is 1350. The highest BCUT2D eigenvalue weighted by Gasteiger charge is 2.25. The molecule has 41 heavy (non-hydrogen) atoms. The van der Waals surface area contributed by atoms with Crippen LogP contribution in [0.1, 0.15) is 24.3 Å². The molecule has 2 heterocycles. The van der Waals surface area contributed by atoms with E-state index in [1.165, 1.54) is 20.4 Å². The van der Waals surface area contributed by atoms with E-state index in [1.807, 2.05) is 30.3 Å². The molecule has 0 atom stereocenters. The Morgan fingerprint density at radius 2 is 1.76 bits per heavy atom. The monoisotopic (exact) mass is 568 g/mol. The lowest BCUT2D eigenvalue weighted by Gasteiger charge is -2.29. The molecule has 1 aromatic heterocycles. The number of aromatic nitrogens is 1. The summed E-state index contributed by atoms with van der Waals surface area (Å²) in [4.78, 5) is 12.3. The van der Waals surface area contributed by atoms with Gasteiger partial charge in [-0.1, -0.05) is 30.3 Å². The summed E-state index contributed by atoms with van der Waals surface area (Å²) in [5, 5.41) is 2.96. The van der Waals surface area contributed by atoms with Gasteiger partial charge in [0.05, 0.1) is 51.1 Å². The van der Waals surface area contributed by atoms with Crippen molar-refractivity contribution in [1.29, 1.82) is 0 Å². The molecule has 1 saturated heterocycles. The predicted molar refractivity (Wildman–Crippen MR) is 148 cm³/mol. The Kier molecular flexibility index (Phi) is 10.2. The van der Waals surface area contributed by atoms with E-state index in [4.69, 9.17) is 28.4 Å². The summed E-state index contributed by atoms with van der Waals surface area (Å²) in [5.41, 5.74) is 1.18. The molecular weight excluding hydrogens is 538 g/mol. The van der Waals surface area contributed by atoms with Crippen molar-refractivity contribution < 1.29 is 37.2 Å². The number of ether oxygens (including phenoxy) is 6. The standard InChI is InChI=1S/C29H30F2N4O6/c1-18(38-17-22-26(30)23(36-3)12-24(37-4)27(22)31)13-34-29(32-2)35-20-10-11-25(33-14-20)41-21-15-39-28(40-16-21)19-8-6-5-7-9-19/h5-14,21,28H,2,15-17H2,1,3-4H3,(H,34,35)/b18-13+.